The fourth-order valence-corrected chi connectivity index (χ4v) is 8.16. The fourth-order valence-electron chi connectivity index (χ4n) is 3.53. The number of hydrogen-bond acceptors (Lipinski definition) is 8. The number of thioether (sulfide) groups is 2. The molecule has 8 nitrogen and oxygen atoms in total. The highest BCUT2D eigenvalue weighted by atomic mass is 33.1. The van der Waals surface area contributed by atoms with Crippen molar-refractivity contribution in [1.82, 2.24) is 9.80 Å². The normalized spacial score (nSPS) is 19.9. The Bertz CT molecular complexity index is 1040. The Hall–Kier alpha value is -2.28. The van der Waals surface area contributed by atoms with Gasteiger partial charge in [-0.15, -0.1) is 23.5 Å². The molecule has 2 aliphatic rings. The molecule has 2 aromatic carbocycles. The van der Waals surface area contributed by atoms with Gasteiger partial charge in [-0.25, -0.2) is 9.59 Å². The average Bonchev–Trinajstić information content (AvgIpc) is 3.52. The molecule has 12 heteroatoms. The zero-order valence-electron chi connectivity index (χ0n) is 17.7. The summed E-state index contributed by atoms with van der Waals surface area (Å²) < 4.78 is 0. The van der Waals surface area contributed by atoms with Crippen LogP contribution in [0.25, 0.3) is 0 Å². The van der Waals surface area contributed by atoms with Crippen LogP contribution >= 0.6 is 45.1 Å². The number of carboxylic acids is 2. The van der Waals surface area contributed by atoms with E-state index >= 15 is 0 Å². The smallest absolute Gasteiger partial charge is 0.327 e. The van der Waals surface area contributed by atoms with Crippen LogP contribution in [0.3, 0.4) is 0 Å². The van der Waals surface area contributed by atoms with E-state index in [4.69, 9.17) is 0 Å². The van der Waals surface area contributed by atoms with Gasteiger partial charge in [0.25, 0.3) is 11.8 Å². The predicted octanol–water partition coefficient (Wildman–Crippen LogP) is 3.69. The number of aliphatic carboxylic acids is 2. The Labute approximate surface area is 212 Å². The topological polar surface area (TPSA) is 115 Å². The standard InChI is InChI=1S/C22H20N2O6S4/c25-19(23-11-31-9-15(23)21(27)28)13-5-1-3-7-17(13)33-34-18-8-4-2-6-14(18)20(26)24-12-32-10-16(24)22(29)30/h1-8,15-16H,9-12H2,(H,27,28)(H,29,30)/t15-,16+. The summed E-state index contributed by atoms with van der Waals surface area (Å²) in [6.07, 6.45) is 0. The minimum Gasteiger partial charge on any atom is -0.480 e. The Balaban J connectivity index is 1.54. The first-order valence-electron chi connectivity index (χ1n) is 10.1. The highest BCUT2D eigenvalue weighted by Crippen LogP contribution is 2.41. The largest absolute Gasteiger partial charge is 0.480 e. The van der Waals surface area contributed by atoms with Gasteiger partial charge in [-0.3, -0.25) is 9.59 Å². The summed E-state index contributed by atoms with van der Waals surface area (Å²) in [6.45, 7) is 0. The summed E-state index contributed by atoms with van der Waals surface area (Å²) in [5.74, 6) is -1.39. The fraction of sp³-hybridized carbons (Fsp3) is 0.273. The quantitative estimate of drug-likeness (QED) is 0.508. The van der Waals surface area contributed by atoms with Crippen LogP contribution in [0.15, 0.2) is 58.3 Å². The Kier molecular flexibility index (Phi) is 8.02. The second kappa shape index (κ2) is 11.0. The van der Waals surface area contributed by atoms with Crippen LogP contribution < -0.4 is 0 Å². The molecular weight excluding hydrogens is 517 g/mol. The van der Waals surface area contributed by atoms with Crippen molar-refractivity contribution in [1.29, 1.82) is 0 Å². The molecule has 2 aromatic rings. The zero-order chi connectivity index (χ0) is 24.2. The molecule has 2 N–H and O–H groups in total. The van der Waals surface area contributed by atoms with Crippen LogP contribution in [-0.4, -0.2) is 79.1 Å². The van der Waals surface area contributed by atoms with Crippen LogP contribution in [0.1, 0.15) is 20.7 Å². The first-order valence-corrected chi connectivity index (χ1v) is 14.6. The van der Waals surface area contributed by atoms with E-state index in [1.54, 1.807) is 48.5 Å². The monoisotopic (exact) mass is 536 g/mol. The van der Waals surface area contributed by atoms with Crippen LogP contribution in [0, 0.1) is 0 Å². The molecule has 2 aliphatic heterocycles. The van der Waals surface area contributed by atoms with Gasteiger partial charge in [-0.05, 0) is 24.3 Å². The summed E-state index contributed by atoms with van der Waals surface area (Å²) in [5.41, 5.74) is 0.805. The van der Waals surface area contributed by atoms with Crippen molar-refractivity contribution in [3.63, 3.8) is 0 Å². The van der Waals surface area contributed by atoms with Gasteiger partial charge in [0.05, 0.1) is 22.9 Å². The predicted molar refractivity (Wildman–Crippen MR) is 134 cm³/mol. The maximum Gasteiger partial charge on any atom is 0.327 e. The maximum absolute atomic E-state index is 13.2. The van der Waals surface area contributed by atoms with E-state index in [2.05, 4.69) is 0 Å². The van der Waals surface area contributed by atoms with E-state index in [0.717, 1.165) is 0 Å². The Morgan fingerprint density at radius 2 is 1.09 bits per heavy atom. The van der Waals surface area contributed by atoms with Gasteiger partial charge < -0.3 is 20.0 Å². The number of carbonyl (C=O) groups excluding carboxylic acids is 2. The molecule has 0 aromatic heterocycles. The van der Waals surface area contributed by atoms with Gasteiger partial charge in [-0.2, -0.15) is 0 Å². The highest BCUT2D eigenvalue weighted by molar-refractivity contribution is 8.76. The summed E-state index contributed by atoms with van der Waals surface area (Å²) in [7, 11) is 2.60. The van der Waals surface area contributed by atoms with Crippen LogP contribution in [0.2, 0.25) is 0 Å². The lowest BCUT2D eigenvalue weighted by Gasteiger charge is -2.22. The molecular formula is C22H20N2O6S4. The number of hydrogen-bond donors (Lipinski definition) is 2. The molecule has 2 fully saturated rings. The van der Waals surface area contributed by atoms with E-state index in [9.17, 15) is 29.4 Å². The van der Waals surface area contributed by atoms with E-state index in [1.807, 2.05) is 0 Å². The van der Waals surface area contributed by atoms with Crippen molar-refractivity contribution in [2.24, 2.45) is 0 Å². The summed E-state index contributed by atoms with van der Waals surface area (Å²) in [6, 6.07) is 12.2. The average molecular weight is 537 g/mol. The number of nitrogens with zero attached hydrogens (tertiary/aromatic N) is 2. The van der Waals surface area contributed by atoms with Gasteiger partial charge >= 0.3 is 11.9 Å². The minimum absolute atomic E-state index is 0.317. The first-order chi connectivity index (χ1) is 16.4. The van der Waals surface area contributed by atoms with Gasteiger partial charge in [0.2, 0.25) is 0 Å². The third kappa shape index (κ3) is 5.19. The zero-order valence-corrected chi connectivity index (χ0v) is 20.9. The van der Waals surface area contributed by atoms with Gasteiger partial charge in [0.15, 0.2) is 0 Å². The van der Waals surface area contributed by atoms with Crippen LogP contribution in [-0.2, 0) is 9.59 Å². The molecule has 2 atom stereocenters. The van der Waals surface area contributed by atoms with Crippen LogP contribution in [0.4, 0.5) is 0 Å². The number of carboxylic acid groups (broad SMARTS) is 2. The molecule has 0 aliphatic carbocycles. The second-order valence-corrected chi connectivity index (χ2v) is 11.6. The first kappa shape index (κ1) is 24.8. The van der Waals surface area contributed by atoms with Crippen molar-refractivity contribution in [3.05, 3.63) is 59.7 Å². The second-order valence-electron chi connectivity index (χ2n) is 7.42. The van der Waals surface area contributed by atoms with Gasteiger partial charge in [0.1, 0.15) is 12.1 Å². The van der Waals surface area contributed by atoms with Crippen molar-refractivity contribution in [2.45, 2.75) is 21.9 Å². The third-order valence-corrected chi connectivity index (χ3v) is 9.82. The summed E-state index contributed by atoms with van der Waals surface area (Å²) >= 11 is 2.81. The molecule has 2 amide bonds. The van der Waals surface area contributed by atoms with Crippen molar-refractivity contribution in [3.8, 4) is 0 Å². The molecule has 0 radical (unpaired) electrons. The molecule has 2 saturated heterocycles. The van der Waals surface area contributed by atoms with E-state index in [0.29, 0.717) is 44.2 Å². The van der Waals surface area contributed by atoms with Crippen molar-refractivity contribution in [2.75, 3.05) is 23.3 Å². The van der Waals surface area contributed by atoms with Crippen LogP contribution in [0.5, 0.6) is 0 Å². The third-order valence-electron chi connectivity index (χ3n) is 5.31. The molecule has 178 valence electrons. The number of benzene rings is 2. The molecule has 0 unspecified atom stereocenters. The lowest BCUT2D eigenvalue weighted by Crippen LogP contribution is -2.42. The minimum atomic E-state index is -1.02. The molecule has 0 bridgehead atoms. The summed E-state index contributed by atoms with van der Waals surface area (Å²) in [4.78, 5) is 53.4. The maximum atomic E-state index is 13.2. The summed E-state index contributed by atoms with van der Waals surface area (Å²) in [5, 5.41) is 18.9. The molecule has 2 heterocycles. The van der Waals surface area contributed by atoms with Gasteiger partial charge in [0, 0.05) is 21.3 Å². The lowest BCUT2D eigenvalue weighted by molar-refractivity contribution is -0.141. The van der Waals surface area contributed by atoms with E-state index < -0.39 is 24.0 Å². The Morgan fingerprint density at radius 1 is 0.706 bits per heavy atom. The molecule has 0 saturated carbocycles. The molecule has 34 heavy (non-hydrogen) atoms. The highest BCUT2D eigenvalue weighted by Gasteiger charge is 2.37. The molecule has 0 spiro atoms. The molecule has 4 rings (SSSR count). The van der Waals surface area contributed by atoms with Crippen molar-refractivity contribution >= 4 is 68.9 Å². The Morgan fingerprint density at radius 3 is 1.47 bits per heavy atom. The number of carbonyl (C=O) groups is 4. The van der Waals surface area contributed by atoms with Gasteiger partial charge in [-0.1, -0.05) is 45.9 Å². The number of amides is 2. The van der Waals surface area contributed by atoms with E-state index in [1.165, 1.54) is 54.9 Å². The number of rotatable bonds is 7. The SMILES string of the molecule is O=C(O)[C@H]1CSCN1C(=O)c1ccccc1SSc1ccccc1C(=O)N1CSC[C@H]1C(=O)O. The van der Waals surface area contributed by atoms with Crippen molar-refractivity contribution < 1.29 is 29.4 Å². The lowest BCUT2D eigenvalue weighted by atomic mass is 10.2. The van der Waals surface area contributed by atoms with E-state index in [-0.39, 0.29) is 11.8 Å².